The first-order chi connectivity index (χ1) is 5.75. The third kappa shape index (κ3) is 2.34. The number of rotatable bonds is 3. The second-order valence-corrected chi connectivity index (χ2v) is 4.00. The molecule has 1 saturated carbocycles. The highest BCUT2D eigenvalue weighted by Gasteiger charge is 2.28. The Hall–Kier alpha value is -0.300. The Labute approximate surface area is 76.2 Å². The van der Waals surface area contributed by atoms with Crippen LogP contribution >= 0.6 is 0 Å². The minimum atomic E-state index is 0.760. The number of allylic oxidation sites excluding steroid dienone is 1. The van der Waals surface area contributed by atoms with Crippen molar-refractivity contribution < 1.29 is 0 Å². The van der Waals surface area contributed by atoms with Crippen molar-refractivity contribution in [1.82, 2.24) is 5.32 Å². The van der Waals surface area contributed by atoms with Crippen LogP contribution in [-0.4, -0.2) is 12.6 Å². The summed E-state index contributed by atoms with van der Waals surface area (Å²) in [5, 5.41) is 3.58. The van der Waals surface area contributed by atoms with Gasteiger partial charge in [-0.25, -0.2) is 0 Å². The zero-order valence-corrected chi connectivity index (χ0v) is 8.51. The number of hydrogen-bond acceptors (Lipinski definition) is 1. The number of hydrogen-bond donors (Lipinski definition) is 1. The van der Waals surface area contributed by atoms with E-state index < -0.39 is 0 Å². The molecule has 3 atom stereocenters. The number of nitrogens with one attached hydrogen (secondary N) is 1. The first-order valence-corrected chi connectivity index (χ1v) is 5.10. The summed E-state index contributed by atoms with van der Waals surface area (Å²) in [6.45, 7) is 7.84. The van der Waals surface area contributed by atoms with Crippen LogP contribution in [0, 0.1) is 11.8 Å². The molecule has 0 spiro atoms. The van der Waals surface area contributed by atoms with Crippen molar-refractivity contribution in [1.29, 1.82) is 0 Å². The summed E-state index contributed by atoms with van der Waals surface area (Å²) in [6.07, 6.45) is 7.06. The van der Waals surface area contributed by atoms with Gasteiger partial charge < -0.3 is 5.32 Å². The lowest BCUT2D eigenvalue weighted by Crippen LogP contribution is -2.32. The highest BCUT2D eigenvalue weighted by Crippen LogP contribution is 2.30. The molecule has 0 aromatic rings. The molecule has 0 aromatic heterocycles. The van der Waals surface area contributed by atoms with Gasteiger partial charge in [-0.2, -0.15) is 0 Å². The van der Waals surface area contributed by atoms with Crippen LogP contribution in [0.2, 0.25) is 0 Å². The Morgan fingerprint density at radius 3 is 2.58 bits per heavy atom. The van der Waals surface area contributed by atoms with Crippen molar-refractivity contribution in [3.63, 3.8) is 0 Å². The van der Waals surface area contributed by atoms with E-state index in [1.54, 1.807) is 0 Å². The fourth-order valence-corrected chi connectivity index (χ4v) is 1.99. The maximum atomic E-state index is 3.58. The van der Waals surface area contributed by atoms with Crippen molar-refractivity contribution in [2.24, 2.45) is 11.8 Å². The predicted molar refractivity (Wildman–Crippen MR) is 54.2 cm³/mol. The fourth-order valence-electron chi connectivity index (χ4n) is 1.99. The van der Waals surface area contributed by atoms with Gasteiger partial charge in [0.25, 0.3) is 0 Å². The van der Waals surface area contributed by atoms with E-state index in [0.29, 0.717) is 0 Å². The predicted octanol–water partition coefficient (Wildman–Crippen LogP) is 2.59. The Bertz CT molecular complexity index is 151. The molecule has 1 aliphatic carbocycles. The van der Waals surface area contributed by atoms with Gasteiger partial charge >= 0.3 is 0 Å². The van der Waals surface area contributed by atoms with Crippen LogP contribution in [0.5, 0.6) is 0 Å². The molecule has 0 amide bonds. The van der Waals surface area contributed by atoms with Crippen LogP contribution in [0.4, 0.5) is 0 Å². The lowest BCUT2D eigenvalue weighted by atomic mass is 9.98. The molecule has 0 heterocycles. The normalized spacial score (nSPS) is 36.4. The molecule has 0 radical (unpaired) electrons. The Balaban J connectivity index is 2.24. The van der Waals surface area contributed by atoms with Crippen LogP contribution in [0.25, 0.3) is 0 Å². The third-order valence-corrected chi connectivity index (χ3v) is 3.20. The van der Waals surface area contributed by atoms with E-state index in [0.717, 1.165) is 24.4 Å². The van der Waals surface area contributed by atoms with E-state index in [1.807, 2.05) is 0 Å². The van der Waals surface area contributed by atoms with Gasteiger partial charge in [-0.15, -0.1) is 0 Å². The van der Waals surface area contributed by atoms with Crippen molar-refractivity contribution in [2.75, 3.05) is 6.54 Å². The summed E-state index contributed by atoms with van der Waals surface area (Å²) in [5.41, 5.74) is 0. The first-order valence-electron chi connectivity index (χ1n) is 5.10. The van der Waals surface area contributed by atoms with E-state index in [4.69, 9.17) is 0 Å². The Kier molecular flexibility index (Phi) is 3.80. The quantitative estimate of drug-likeness (QED) is 0.637. The van der Waals surface area contributed by atoms with Gasteiger partial charge in [0.15, 0.2) is 0 Å². The van der Waals surface area contributed by atoms with E-state index in [1.165, 1.54) is 12.8 Å². The third-order valence-electron chi connectivity index (χ3n) is 3.20. The van der Waals surface area contributed by atoms with Gasteiger partial charge in [0.2, 0.25) is 0 Å². The first kappa shape index (κ1) is 9.79. The summed E-state index contributed by atoms with van der Waals surface area (Å²) < 4.78 is 0. The molecule has 3 unspecified atom stereocenters. The molecule has 1 N–H and O–H groups in total. The monoisotopic (exact) mass is 167 g/mol. The minimum absolute atomic E-state index is 0.760. The molecule has 0 bridgehead atoms. The Morgan fingerprint density at radius 2 is 2.08 bits per heavy atom. The molecule has 12 heavy (non-hydrogen) atoms. The van der Waals surface area contributed by atoms with Gasteiger partial charge in [-0.1, -0.05) is 26.0 Å². The van der Waals surface area contributed by atoms with Crippen LogP contribution < -0.4 is 5.32 Å². The maximum Gasteiger partial charge on any atom is 0.0137 e. The SMILES string of the molecule is C/C=C/CNC1CCC(C)C1C. The average Bonchev–Trinajstić information content (AvgIpc) is 2.36. The van der Waals surface area contributed by atoms with Crippen LogP contribution in [0.3, 0.4) is 0 Å². The van der Waals surface area contributed by atoms with Gasteiger partial charge in [0, 0.05) is 12.6 Å². The summed E-state index contributed by atoms with van der Waals surface area (Å²) in [6, 6.07) is 0.760. The van der Waals surface area contributed by atoms with Crippen LogP contribution in [0.1, 0.15) is 33.6 Å². The standard InChI is InChI=1S/C11H21N/c1-4-5-8-12-11-7-6-9(2)10(11)3/h4-5,9-12H,6-8H2,1-3H3/b5-4+. The zero-order chi connectivity index (χ0) is 8.97. The topological polar surface area (TPSA) is 12.0 Å². The van der Waals surface area contributed by atoms with Gasteiger partial charge in [-0.05, 0) is 31.6 Å². The van der Waals surface area contributed by atoms with Crippen molar-refractivity contribution >= 4 is 0 Å². The summed E-state index contributed by atoms with van der Waals surface area (Å²) >= 11 is 0. The molecule has 1 nitrogen and oxygen atoms in total. The Morgan fingerprint density at radius 1 is 1.33 bits per heavy atom. The summed E-state index contributed by atoms with van der Waals surface area (Å²) in [4.78, 5) is 0. The molecule has 70 valence electrons. The van der Waals surface area contributed by atoms with Gasteiger partial charge in [0.05, 0.1) is 0 Å². The van der Waals surface area contributed by atoms with Crippen LogP contribution in [0.15, 0.2) is 12.2 Å². The van der Waals surface area contributed by atoms with Crippen molar-refractivity contribution in [3.05, 3.63) is 12.2 Å². The van der Waals surface area contributed by atoms with Crippen molar-refractivity contribution in [2.45, 2.75) is 39.7 Å². The lowest BCUT2D eigenvalue weighted by Gasteiger charge is -2.18. The molecule has 1 fully saturated rings. The van der Waals surface area contributed by atoms with E-state index >= 15 is 0 Å². The molecular weight excluding hydrogens is 146 g/mol. The lowest BCUT2D eigenvalue weighted by molar-refractivity contribution is 0.380. The molecule has 1 heteroatoms. The van der Waals surface area contributed by atoms with E-state index in [9.17, 15) is 0 Å². The second-order valence-electron chi connectivity index (χ2n) is 4.00. The van der Waals surface area contributed by atoms with E-state index in [-0.39, 0.29) is 0 Å². The van der Waals surface area contributed by atoms with Gasteiger partial charge in [-0.3, -0.25) is 0 Å². The molecule has 0 saturated heterocycles. The fraction of sp³-hybridized carbons (Fsp3) is 0.818. The highest BCUT2D eigenvalue weighted by atomic mass is 14.9. The molecule has 1 rings (SSSR count). The minimum Gasteiger partial charge on any atom is -0.310 e. The van der Waals surface area contributed by atoms with Gasteiger partial charge in [0.1, 0.15) is 0 Å². The smallest absolute Gasteiger partial charge is 0.0137 e. The largest absolute Gasteiger partial charge is 0.310 e. The summed E-state index contributed by atoms with van der Waals surface area (Å²) in [5.74, 6) is 1.77. The zero-order valence-electron chi connectivity index (χ0n) is 8.51. The van der Waals surface area contributed by atoms with Crippen molar-refractivity contribution in [3.8, 4) is 0 Å². The molecule has 0 aliphatic heterocycles. The average molecular weight is 167 g/mol. The van der Waals surface area contributed by atoms with Crippen LogP contribution in [-0.2, 0) is 0 Å². The van der Waals surface area contributed by atoms with E-state index in [2.05, 4.69) is 38.2 Å². The summed E-state index contributed by atoms with van der Waals surface area (Å²) in [7, 11) is 0. The maximum absolute atomic E-state index is 3.58. The molecule has 0 aromatic carbocycles. The second kappa shape index (κ2) is 4.66. The molecule has 1 aliphatic rings. The highest BCUT2D eigenvalue weighted by molar-refractivity contribution is 4.88. The molecular formula is C11H21N.